The standard InChI is InChI=1S/C26H26Br2ClN4O/c1-31-8-6-17(7-9-31)14-23(34)32-10-12-33(13-11-32)26-21-4-5-22(29)24(28)20(21)3-2-18-15-19(27)16-30-25(18)26/h4-9,15-16,26H,2-3,10-14H2,1H3/q+1/t26-/m1/s1. The summed E-state index contributed by atoms with van der Waals surface area (Å²) in [4.78, 5) is 22.3. The molecular weight excluding hydrogens is 580 g/mol. The van der Waals surface area contributed by atoms with Crippen LogP contribution in [-0.4, -0.2) is 46.9 Å². The second kappa shape index (κ2) is 10.1. The van der Waals surface area contributed by atoms with Gasteiger partial charge in [-0.1, -0.05) is 17.7 Å². The van der Waals surface area contributed by atoms with Gasteiger partial charge in [-0.2, -0.15) is 0 Å². The Hall–Kier alpha value is -1.80. The molecule has 1 aliphatic heterocycles. The van der Waals surface area contributed by atoms with E-state index in [0.29, 0.717) is 19.5 Å². The first-order chi connectivity index (χ1) is 16.4. The van der Waals surface area contributed by atoms with Crippen LogP contribution in [0.2, 0.25) is 5.02 Å². The summed E-state index contributed by atoms with van der Waals surface area (Å²) in [6.07, 6.45) is 8.12. The molecule has 34 heavy (non-hydrogen) atoms. The SMILES string of the molecule is C[n+]1ccc(CC(=O)N2CCN([C@@H]3c4ccc(Cl)c(Br)c4CCc4cc(Br)cnc43)CC2)cc1. The van der Waals surface area contributed by atoms with E-state index in [4.69, 9.17) is 16.6 Å². The molecule has 1 fully saturated rings. The summed E-state index contributed by atoms with van der Waals surface area (Å²) in [5.74, 6) is 0.187. The van der Waals surface area contributed by atoms with Crippen LogP contribution in [0.5, 0.6) is 0 Å². The van der Waals surface area contributed by atoms with Crippen molar-refractivity contribution in [3.8, 4) is 0 Å². The fourth-order valence-electron chi connectivity index (χ4n) is 5.00. The van der Waals surface area contributed by atoms with E-state index in [2.05, 4.69) is 48.9 Å². The van der Waals surface area contributed by atoms with Gasteiger partial charge in [0.15, 0.2) is 12.4 Å². The number of benzene rings is 1. The Morgan fingerprint density at radius 3 is 2.59 bits per heavy atom. The largest absolute Gasteiger partial charge is 0.340 e. The Kier molecular flexibility index (Phi) is 7.07. The minimum absolute atomic E-state index is 0.0422. The van der Waals surface area contributed by atoms with E-state index >= 15 is 0 Å². The summed E-state index contributed by atoms with van der Waals surface area (Å²) in [5, 5.41) is 0.738. The number of piperazine rings is 1. The highest BCUT2D eigenvalue weighted by molar-refractivity contribution is 9.10. The van der Waals surface area contributed by atoms with Crippen LogP contribution in [0.25, 0.3) is 0 Å². The first-order valence-electron chi connectivity index (χ1n) is 11.5. The van der Waals surface area contributed by atoms with E-state index in [-0.39, 0.29) is 11.9 Å². The molecule has 1 saturated heterocycles. The summed E-state index contributed by atoms with van der Waals surface area (Å²) in [6.45, 7) is 3.03. The number of carbonyl (C=O) groups excluding carboxylic acids is 1. The monoisotopic (exact) mass is 603 g/mol. The van der Waals surface area contributed by atoms with Gasteiger partial charge < -0.3 is 4.90 Å². The molecule has 0 radical (unpaired) electrons. The van der Waals surface area contributed by atoms with Crippen LogP contribution in [0.15, 0.2) is 57.9 Å². The molecule has 3 aromatic rings. The van der Waals surface area contributed by atoms with Crippen LogP contribution in [-0.2, 0) is 31.1 Å². The normalized spacial score (nSPS) is 18.2. The lowest BCUT2D eigenvalue weighted by Crippen LogP contribution is -2.50. The van der Waals surface area contributed by atoms with Gasteiger partial charge in [-0.25, -0.2) is 4.57 Å². The maximum absolute atomic E-state index is 13.0. The molecule has 1 atom stereocenters. The van der Waals surface area contributed by atoms with Crippen molar-refractivity contribution >= 4 is 49.4 Å². The van der Waals surface area contributed by atoms with Gasteiger partial charge in [-0.05, 0) is 79.1 Å². The molecule has 1 aliphatic carbocycles. The van der Waals surface area contributed by atoms with E-state index in [0.717, 1.165) is 51.2 Å². The van der Waals surface area contributed by atoms with Crippen LogP contribution in [0.1, 0.15) is 34.0 Å². The number of carbonyl (C=O) groups is 1. The van der Waals surface area contributed by atoms with Crippen LogP contribution in [0.3, 0.4) is 0 Å². The first kappa shape index (κ1) is 23.9. The molecule has 2 aliphatic rings. The van der Waals surface area contributed by atoms with Gasteiger partial charge in [-0.3, -0.25) is 14.7 Å². The molecule has 0 spiro atoms. The third-order valence-corrected chi connectivity index (χ3v) is 8.72. The Bertz CT molecular complexity index is 1230. The molecule has 1 aromatic carbocycles. The molecule has 3 heterocycles. The number of hydrogen-bond acceptors (Lipinski definition) is 3. The molecule has 5 nitrogen and oxygen atoms in total. The maximum atomic E-state index is 13.0. The van der Waals surface area contributed by atoms with Crippen LogP contribution < -0.4 is 4.57 Å². The molecule has 2 aromatic heterocycles. The lowest BCUT2D eigenvalue weighted by molar-refractivity contribution is -0.671. The lowest BCUT2D eigenvalue weighted by atomic mass is 9.96. The highest BCUT2D eigenvalue weighted by Gasteiger charge is 2.34. The van der Waals surface area contributed by atoms with E-state index in [1.807, 2.05) is 53.3 Å². The number of rotatable bonds is 3. The molecule has 5 rings (SSSR count). The summed E-state index contributed by atoms with van der Waals surface area (Å²) in [5.41, 5.74) is 5.92. The van der Waals surface area contributed by atoms with Gasteiger partial charge in [0.1, 0.15) is 7.05 Å². The Labute approximate surface area is 222 Å². The Balaban J connectivity index is 1.39. The Morgan fingerprint density at radius 2 is 1.85 bits per heavy atom. The zero-order valence-electron chi connectivity index (χ0n) is 19.0. The molecule has 0 saturated carbocycles. The highest BCUT2D eigenvalue weighted by Crippen LogP contribution is 2.41. The highest BCUT2D eigenvalue weighted by atomic mass is 79.9. The molecular formula is C26H26Br2ClN4O+. The number of hydrogen-bond donors (Lipinski definition) is 0. The van der Waals surface area contributed by atoms with Crippen molar-refractivity contribution in [2.24, 2.45) is 7.05 Å². The quantitative estimate of drug-likeness (QED) is 0.408. The number of fused-ring (bicyclic) bond motifs is 2. The fourth-order valence-corrected chi connectivity index (χ4v) is 6.11. The third kappa shape index (κ3) is 4.81. The number of halogens is 3. The topological polar surface area (TPSA) is 40.3 Å². The maximum Gasteiger partial charge on any atom is 0.227 e. The molecule has 176 valence electrons. The number of amides is 1. The number of aromatic nitrogens is 2. The predicted molar refractivity (Wildman–Crippen MR) is 140 cm³/mol. The van der Waals surface area contributed by atoms with Crippen LogP contribution in [0, 0.1) is 0 Å². The zero-order valence-corrected chi connectivity index (χ0v) is 22.9. The number of nitrogens with zero attached hydrogens (tertiary/aromatic N) is 4. The molecule has 0 unspecified atom stereocenters. The number of aryl methyl sites for hydroxylation is 2. The predicted octanol–water partition coefficient (Wildman–Crippen LogP) is 4.66. The van der Waals surface area contributed by atoms with E-state index in [9.17, 15) is 4.79 Å². The average Bonchev–Trinajstić information content (AvgIpc) is 3.00. The van der Waals surface area contributed by atoms with Crippen molar-refractivity contribution in [1.82, 2.24) is 14.8 Å². The minimum Gasteiger partial charge on any atom is -0.340 e. The molecule has 0 bridgehead atoms. The fraction of sp³-hybridized carbons (Fsp3) is 0.346. The molecule has 0 N–H and O–H groups in total. The zero-order chi connectivity index (χ0) is 23.8. The summed E-state index contributed by atoms with van der Waals surface area (Å²) >= 11 is 13.8. The summed E-state index contributed by atoms with van der Waals surface area (Å²) < 4.78 is 3.96. The van der Waals surface area contributed by atoms with Crippen molar-refractivity contribution in [1.29, 1.82) is 0 Å². The van der Waals surface area contributed by atoms with Crippen LogP contribution >= 0.6 is 43.5 Å². The average molecular weight is 606 g/mol. The van der Waals surface area contributed by atoms with Crippen LogP contribution in [0.4, 0.5) is 0 Å². The third-order valence-electron chi connectivity index (χ3n) is 6.83. The second-order valence-electron chi connectivity index (χ2n) is 8.99. The van der Waals surface area contributed by atoms with Crippen molar-refractivity contribution in [3.63, 3.8) is 0 Å². The smallest absolute Gasteiger partial charge is 0.227 e. The second-order valence-corrected chi connectivity index (χ2v) is 11.1. The van der Waals surface area contributed by atoms with E-state index in [1.165, 1.54) is 16.7 Å². The van der Waals surface area contributed by atoms with Gasteiger partial charge in [0.2, 0.25) is 5.91 Å². The van der Waals surface area contributed by atoms with Crippen molar-refractivity contribution in [2.45, 2.75) is 25.3 Å². The van der Waals surface area contributed by atoms with Gasteiger partial charge in [-0.15, -0.1) is 0 Å². The van der Waals surface area contributed by atoms with Gasteiger partial charge in [0, 0.05) is 53.5 Å². The van der Waals surface area contributed by atoms with E-state index < -0.39 is 0 Å². The van der Waals surface area contributed by atoms with Crippen molar-refractivity contribution < 1.29 is 9.36 Å². The molecule has 1 amide bonds. The summed E-state index contributed by atoms with van der Waals surface area (Å²) in [7, 11) is 1.98. The minimum atomic E-state index is 0.0422. The van der Waals surface area contributed by atoms with E-state index in [1.54, 1.807) is 0 Å². The summed E-state index contributed by atoms with van der Waals surface area (Å²) in [6, 6.07) is 10.4. The van der Waals surface area contributed by atoms with Gasteiger partial charge in [0.05, 0.1) is 23.2 Å². The van der Waals surface area contributed by atoms with Crippen molar-refractivity contribution in [2.75, 3.05) is 26.2 Å². The lowest BCUT2D eigenvalue weighted by Gasteiger charge is -2.40. The van der Waals surface area contributed by atoms with Crippen molar-refractivity contribution in [3.05, 3.63) is 90.8 Å². The first-order valence-corrected chi connectivity index (χ1v) is 13.4. The molecule has 8 heteroatoms. The van der Waals surface area contributed by atoms with Gasteiger partial charge >= 0.3 is 0 Å². The van der Waals surface area contributed by atoms with Gasteiger partial charge in [0.25, 0.3) is 0 Å². The number of pyridine rings is 2. The Morgan fingerprint density at radius 1 is 1.12 bits per heavy atom.